The number of rotatable bonds is 1. The second-order valence-corrected chi connectivity index (χ2v) is 5.65. The quantitative estimate of drug-likeness (QED) is 0.238. The summed E-state index contributed by atoms with van der Waals surface area (Å²) in [5, 5.41) is 8.18. The van der Waals surface area contributed by atoms with Crippen LogP contribution >= 0.6 is 0 Å². The largest absolute Gasteiger partial charge is 0.257 e. The van der Waals surface area contributed by atoms with Gasteiger partial charge in [0.15, 0.2) is 0 Å². The van der Waals surface area contributed by atoms with E-state index in [4.69, 9.17) is 0 Å². The van der Waals surface area contributed by atoms with Crippen LogP contribution in [-0.4, -0.2) is 9.61 Å². The van der Waals surface area contributed by atoms with Gasteiger partial charge in [0.2, 0.25) is 0 Å². The number of nitrogens with zero attached hydrogens (tertiary/aromatic N) is 2. The Balaban J connectivity index is 0.00000146. The fourth-order valence-corrected chi connectivity index (χ4v) is 3.39. The molecule has 1 radical (unpaired) electrons. The van der Waals surface area contributed by atoms with Gasteiger partial charge in [-0.3, -0.25) is 4.52 Å². The standard InChI is InChI=1S/C21H13N2.Ir/c1-2-7-15(8-3-1)16-11-6-12-20-21(16)18-10-5-4-9-17(18)19-13-14-22-23(19)20;/h1-11,13-14H;/q-1;. The van der Waals surface area contributed by atoms with Crippen molar-refractivity contribution in [3.8, 4) is 11.1 Å². The van der Waals surface area contributed by atoms with Crippen molar-refractivity contribution in [2.75, 3.05) is 0 Å². The molecular formula is C21H13IrN2-. The van der Waals surface area contributed by atoms with Crippen molar-refractivity contribution in [3.05, 3.63) is 85.1 Å². The summed E-state index contributed by atoms with van der Waals surface area (Å²) >= 11 is 0. The molecule has 0 saturated carbocycles. The van der Waals surface area contributed by atoms with E-state index in [1.165, 1.54) is 27.3 Å². The van der Waals surface area contributed by atoms with E-state index in [2.05, 4.69) is 71.8 Å². The molecule has 2 nitrogen and oxygen atoms in total. The molecule has 0 amide bonds. The second kappa shape index (κ2) is 5.86. The molecule has 0 fully saturated rings. The van der Waals surface area contributed by atoms with Crippen molar-refractivity contribution >= 4 is 27.2 Å². The van der Waals surface area contributed by atoms with Crippen molar-refractivity contribution in [3.63, 3.8) is 0 Å². The molecule has 3 aromatic carbocycles. The number of pyridine rings is 1. The van der Waals surface area contributed by atoms with Crippen LogP contribution in [0.25, 0.3) is 38.3 Å². The number of aromatic nitrogens is 2. The van der Waals surface area contributed by atoms with Gasteiger partial charge in [0.1, 0.15) is 0 Å². The predicted octanol–water partition coefficient (Wildman–Crippen LogP) is 5.11. The summed E-state index contributed by atoms with van der Waals surface area (Å²) in [4.78, 5) is 0. The molecule has 0 aliphatic rings. The molecule has 0 saturated heterocycles. The Morgan fingerprint density at radius 3 is 2.38 bits per heavy atom. The van der Waals surface area contributed by atoms with Crippen LogP contribution in [-0.2, 0) is 20.1 Å². The van der Waals surface area contributed by atoms with E-state index in [0.717, 1.165) is 11.0 Å². The van der Waals surface area contributed by atoms with Crippen LogP contribution < -0.4 is 0 Å². The summed E-state index contributed by atoms with van der Waals surface area (Å²) in [5.41, 5.74) is 4.57. The zero-order valence-corrected chi connectivity index (χ0v) is 15.1. The van der Waals surface area contributed by atoms with Crippen molar-refractivity contribution in [1.82, 2.24) is 9.61 Å². The van der Waals surface area contributed by atoms with E-state index in [-0.39, 0.29) is 20.1 Å². The van der Waals surface area contributed by atoms with Gasteiger partial charge in [-0.05, 0) is 22.5 Å². The van der Waals surface area contributed by atoms with E-state index >= 15 is 0 Å². The van der Waals surface area contributed by atoms with Gasteiger partial charge < -0.3 is 0 Å². The Hall–Kier alpha value is -2.48. The Labute approximate surface area is 153 Å². The molecule has 0 spiro atoms. The molecule has 2 heterocycles. The summed E-state index contributed by atoms with van der Waals surface area (Å²) < 4.78 is 1.99. The van der Waals surface area contributed by atoms with Gasteiger partial charge in [-0.25, -0.2) is 0 Å². The van der Waals surface area contributed by atoms with E-state index < -0.39 is 0 Å². The molecule has 0 aliphatic heterocycles. The van der Waals surface area contributed by atoms with Crippen LogP contribution in [0.5, 0.6) is 0 Å². The fraction of sp³-hybridized carbons (Fsp3) is 0. The molecule has 117 valence electrons. The minimum Gasteiger partial charge on any atom is -0.257 e. The Morgan fingerprint density at radius 2 is 1.54 bits per heavy atom. The molecule has 24 heavy (non-hydrogen) atoms. The van der Waals surface area contributed by atoms with Crippen LogP contribution in [0, 0.1) is 6.07 Å². The smallest absolute Gasteiger partial charge is 0.0711 e. The van der Waals surface area contributed by atoms with Gasteiger partial charge in [-0.15, -0.1) is 5.56 Å². The second-order valence-electron chi connectivity index (χ2n) is 5.65. The monoisotopic (exact) mass is 486 g/mol. The molecule has 5 aromatic rings. The van der Waals surface area contributed by atoms with Gasteiger partial charge in [-0.1, -0.05) is 65.4 Å². The molecule has 0 N–H and O–H groups in total. The molecular weight excluding hydrogens is 472 g/mol. The van der Waals surface area contributed by atoms with Gasteiger partial charge >= 0.3 is 0 Å². The zero-order valence-electron chi connectivity index (χ0n) is 12.7. The summed E-state index contributed by atoms with van der Waals surface area (Å²) in [7, 11) is 0. The maximum atomic E-state index is 4.52. The van der Waals surface area contributed by atoms with E-state index in [9.17, 15) is 0 Å². The summed E-state index contributed by atoms with van der Waals surface area (Å²) in [6, 6.07) is 28.6. The predicted molar refractivity (Wildman–Crippen MR) is 94.5 cm³/mol. The van der Waals surface area contributed by atoms with Crippen molar-refractivity contribution < 1.29 is 20.1 Å². The number of benzene rings is 3. The van der Waals surface area contributed by atoms with Gasteiger partial charge in [0, 0.05) is 26.3 Å². The van der Waals surface area contributed by atoms with E-state index in [1.807, 2.05) is 22.8 Å². The molecule has 0 bridgehead atoms. The van der Waals surface area contributed by atoms with Crippen LogP contribution in [0.3, 0.4) is 0 Å². The summed E-state index contributed by atoms with van der Waals surface area (Å²) in [6.45, 7) is 0. The third kappa shape index (κ3) is 2.10. The molecule has 5 rings (SSSR count). The zero-order chi connectivity index (χ0) is 15.2. The SMILES string of the molecule is [Ir].[c-]1ccc(-c2ccccc2)c2c3ccccc3c3ccnn3c12. The van der Waals surface area contributed by atoms with Gasteiger partial charge in [0.25, 0.3) is 0 Å². The average molecular weight is 486 g/mol. The van der Waals surface area contributed by atoms with Gasteiger partial charge in [-0.2, -0.15) is 23.3 Å². The Bertz CT molecular complexity index is 1160. The molecule has 2 aromatic heterocycles. The Morgan fingerprint density at radius 1 is 0.792 bits per heavy atom. The number of hydrogen-bond donors (Lipinski definition) is 0. The fourth-order valence-electron chi connectivity index (χ4n) is 3.39. The first-order chi connectivity index (χ1) is 11.4. The summed E-state index contributed by atoms with van der Waals surface area (Å²) in [5.74, 6) is 0. The van der Waals surface area contributed by atoms with Crippen LogP contribution in [0.1, 0.15) is 0 Å². The number of fused-ring (bicyclic) bond motifs is 6. The van der Waals surface area contributed by atoms with Crippen molar-refractivity contribution in [1.29, 1.82) is 0 Å². The summed E-state index contributed by atoms with van der Waals surface area (Å²) in [6.07, 6.45) is 1.85. The minimum atomic E-state index is 0. The topological polar surface area (TPSA) is 17.3 Å². The van der Waals surface area contributed by atoms with Crippen LogP contribution in [0.15, 0.2) is 79.0 Å². The molecule has 3 heteroatoms. The van der Waals surface area contributed by atoms with Gasteiger partial charge in [0.05, 0.1) is 5.52 Å². The normalized spacial score (nSPS) is 11.0. The first-order valence-corrected chi connectivity index (χ1v) is 7.68. The molecule has 0 aliphatic carbocycles. The third-order valence-corrected chi connectivity index (χ3v) is 4.39. The maximum absolute atomic E-state index is 4.52. The first kappa shape index (κ1) is 15.1. The maximum Gasteiger partial charge on any atom is 0.0711 e. The Kier molecular flexibility index (Phi) is 3.68. The van der Waals surface area contributed by atoms with Crippen molar-refractivity contribution in [2.45, 2.75) is 0 Å². The minimum absolute atomic E-state index is 0. The van der Waals surface area contributed by atoms with E-state index in [0.29, 0.717) is 0 Å². The molecule has 0 unspecified atom stereocenters. The average Bonchev–Trinajstić information content (AvgIpc) is 3.12. The van der Waals surface area contributed by atoms with Crippen LogP contribution in [0.4, 0.5) is 0 Å². The number of hydrogen-bond acceptors (Lipinski definition) is 1. The van der Waals surface area contributed by atoms with Crippen molar-refractivity contribution in [2.24, 2.45) is 0 Å². The van der Waals surface area contributed by atoms with E-state index in [1.54, 1.807) is 0 Å². The third-order valence-electron chi connectivity index (χ3n) is 4.39. The molecule has 0 atom stereocenters. The first-order valence-electron chi connectivity index (χ1n) is 7.68. The van der Waals surface area contributed by atoms with Crippen LogP contribution in [0.2, 0.25) is 0 Å².